The van der Waals surface area contributed by atoms with Gasteiger partial charge in [0.2, 0.25) is 4.84 Å². The third-order valence-corrected chi connectivity index (χ3v) is 4.50. The van der Waals surface area contributed by atoms with Crippen molar-refractivity contribution in [1.82, 2.24) is 0 Å². The Hall–Kier alpha value is 0.0400. The van der Waals surface area contributed by atoms with Crippen LogP contribution in [-0.2, 0) is 4.79 Å². The van der Waals surface area contributed by atoms with Crippen molar-refractivity contribution in [2.45, 2.75) is 83.9 Å². The van der Waals surface area contributed by atoms with Crippen LogP contribution in [-0.4, -0.2) is 46.6 Å². The third-order valence-electron chi connectivity index (χ3n) is 4.13. The Morgan fingerprint density at radius 1 is 0.808 bits per heavy atom. The molecule has 0 bridgehead atoms. The van der Waals surface area contributed by atoms with E-state index in [0.29, 0.717) is 0 Å². The molecule has 160 valence electrons. The van der Waals surface area contributed by atoms with E-state index < -0.39 is 10.8 Å². The molecule has 0 atom stereocenters. The van der Waals surface area contributed by atoms with Crippen LogP contribution >= 0.6 is 23.2 Å². The van der Waals surface area contributed by atoms with Crippen LogP contribution in [0.4, 0.5) is 0 Å². The molecule has 3 nitrogen and oxygen atoms in total. The summed E-state index contributed by atoms with van der Waals surface area (Å²) in [7, 11) is 0. The van der Waals surface area contributed by atoms with Crippen molar-refractivity contribution in [3.8, 4) is 0 Å². The largest absolute Gasteiger partial charge is 1.00 e. The Morgan fingerprint density at radius 3 is 1.12 bits per heavy atom. The molecule has 26 heavy (non-hydrogen) atoms. The monoisotopic (exact) mass is 433 g/mol. The topological polar surface area (TPSA) is 37.3 Å². The second-order valence-corrected chi connectivity index (χ2v) is 7.39. The molecule has 0 amide bonds. The van der Waals surface area contributed by atoms with E-state index in [1.807, 2.05) is 0 Å². The second kappa shape index (κ2) is 25.0. The Balaban J connectivity index is -0.000000228. The van der Waals surface area contributed by atoms with Gasteiger partial charge in [0.05, 0.1) is 26.2 Å². The van der Waals surface area contributed by atoms with Crippen LogP contribution in [0, 0.1) is 0 Å². The van der Waals surface area contributed by atoms with Gasteiger partial charge >= 0.3 is 5.97 Å². The quantitative estimate of drug-likeness (QED) is 0.273. The van der Waals surface area contributed by atoms with Gasteiger partial charge in [-0.2, -0.15) is 0 Å². The Bertz CT molecular complexity index is 253. The number of alkyl halides is 2. The number of rotatable bonds is 13. The Labute approximate surface area is 179 Å². The van der Waals surface area contributed by atoms with Crippen LogP contribution in [0.15, 0.2) is 13.2 Å². The minimum Gasteiger partial charge on any atom is -1.00 e. The maximum Gasteiger partial charge on any atom is 0.337 e. The lowest BCUT2D eigenvalue weighted by Crippen LogP contribution is -3.00. The summed E-state index contributed by atoms with van der Waals surface area (Å²) in [5, 5.41) is 7.73. The average molecular weight is 435 g/mol. The van der Waals surface area contributed by atoms with Crippen LogP contribution < -0.4 is 12.4 Å². The molecule has 0 rings (SSSR count). The van der Waals surface area contributed by atoms with E-state index in [1.54, 1.807) is 0 Å². The Kier molecular flexibility index (Phi) is 32.4. The van der Waals surface area contributed by atoms with E-state index in [4.69, 9.17) is 28.3 Å². The van der Waals surface area contributed by atoms with E-state index in [1.165, 1.54) is 82.0 Å². The minimum absolute atomic E-state index is 0. The standard InChI is InChI=1S/C16H36N.C2H2Cl2O2.C2H4.ClH/c1-5-9-13-17(14-10-6-2,15-11-7-3)16-12-8-4;3-1(4)2(5)6;1-2;/h5-16H2,1-4H3;1H,(H,5,6);1-2H2;1H/q+1;;;/p-1. The number of carboxylic acids is 1. The zero-order valence-corrected chi connectivity index (χ0v) is 19.7. The number of nitrogens with zero attached hydrogens (tertiary/aromatic N) is 1. The van der Waals surface area contributed by atoms with Gasteiger partial charge in [-0.1, -0.05) is 76.6 Å². The number of quaternary nitrogens is 1. The molecular weight excluding hydrogens is 393 g/mol. The van der Waals surface area contributed by atoms with Crippen molar-refractivity contribution in [2.24, 2.45) is 0 Å². The van der Waals surface area contributed by atoms with Crippen LogP contribution in [0.25, 0.3) is 0 Å². The number of unbranched alkanes of at least 4 members (excludes halogenated alkanes) is 4. The first-order valence-electron chi connectivity index (χ1n) is 9.75. The fourth-order valence-corrected chi connectivity index (χ4v) is 2.64. The summed E-state index contributed by atoms with van der Waals surface area (Å²) in [6.45, 7) is 21.0. The fraction of sp³-hybridized carbons (Fsp3) is 0.850. The zero-order valence-electron chi connectivity index (χ0n) is 17.4. The van der Waals surface area contributed by atoms with Crippen LogP contribution in [0.1, 0.15) is 79.1 Å². The van der Waals surface area contributed by atoms with Gasteiger partial charge in [0.25, 0.3) is 0 Å². The van der Waals surface area contributed by atoms with E-state index in [2.05, 4.69) is 40.9 Å². The molecule has 0 saturated heterocycles. The zero-order chi connectivity index (χ0) is 20.1. The lowest BCUT2D eigenvalue weighted by atomic mass is 10.1. The summed E-state index contributed by atoms with van der Waals surface area (Å²) >= 11 is 9.56. The summed E-state index contributed by atoms with van der Waals surface area (Å²) in [5.74, 6) is -1.21. The van der Waals surface area contributed by atoms with Crippen molar-refractivity contribution >= 4 is 29.2 Å². The molecule has 0 spiro atoms. The molecule has 0 aliphatic heterocycles. The van der Waals surface area contributed by atoms with E-state index >= 15 is 0 Å². The molecule has 6 heteroatoms. The molecule has 0 fully saturated rings. The van der Waals surface area contributed by atoms with Gasteiger partial charge in [0.1, 0.15) is 0 Å². The lowest BCUT2D eigenvalue weighted by Gasteiger charge is -2.39. The lowest BCUT2D eigenvalue weighted by molar-refractivity contribution is -0.929. The predicted octanol–water partition coefficient (Wildman–Crippen LogP) is 3.68. The van der Waals surface area contributed by atoms with Crippen LogP contribution in [0.2, 0.25) is 0 Å². The summed E-state index contributed by atoms with van der Waals surface area (Å²) in [6, 6.07) is 0. The molecule has 0 heterocycles. The predicted molar refractivity (Wildman–Crippen MR) is 114 cm³/mol. The summed E-state index contributed by atoms with van der Waals surface area (Å²) in [4.78, 5) is 8.15. The van der Waals surface area contributed by atoms with E-state index in [9.17, 15) is 4.79 Å². The highest BCUT2D eigenvalue weighted by Crippen LogP contribution is 2.16. The first-order valence-corrected chi connectivity index (χ1v) is 10.6. The summed E-state index contributed by atoms with van der Waals surface area (Å²) < 4.78 is 1.42. The molecule has 0 aromatic heterocycles. The number of carboxylic acid groups (broad SMARTS) is 1. The second-order valence-electron chi connectivity index (χ2n) is 6.29. The highest BCUT2D eigenvalue weighted by Gasteiger charge is 2.24. The van der Waals surface area contributed by atoms with Crippen molar-refractivity contribution in [3.05, 3.63) is 13.2 Å². The molecular formula is C20H42Cl3NO2. The first kappa shape index (κ1) is 33.6. The van der Waals surface area contributed by atoms with Gasteiger partial charge in [0, 0.05) is 0 Å². The van der Waals surface area contributed by atoms with Crippen molar-refractivity contribution in [3.63, 3.8) is 0 Å². The Morgan fingerprint density at radius 2 is 1.00 bits per heavy atom. The van der Waals surface area contributed by atoms with E-state index in [-0.39, 0.29) is 12.4 Å². The molecule has 0 unspecified atom stereocenters. The van der Waals surface area contributed by atoms with Crippen LogP contribution in [0.3, 0.4) is 0 Å². The highest BCUT2D eigenvalue weighted by molar-refractivity contribution is 6.52. The molecule has 1 N–H and O–H groups in total. The van der Waals surface area contributed by atoms with Crippen molar-refractivity contribution in [1.29, 1.82) is 0 Å². The third kappa shape index (κ3) is 22.1. The minimum atomic E-state index is -1.29. The van der Waals surface area contributed by atoms with Gasteiger partial charge in [-0.25, -0.2) is 4.79 Å². The van der Waals surface area contributed by atoms with Gasteiger partial charge in [-0.3, -0.25) is 0 Å². The van der Waals surface area contributed by atoms with Crippen LogP contribution in [0.5, 0.6) is 0 Å². The molecule has 0 saturated carbocycles. The van der Waals surface area contributed by atoms with E-state index in [0.717, 1.165) is 0 Å². The first-order chi connectivity index (χ1) is 11.9. The number of carbonyl (C=O) groups is 1. The normalized spacial score (nSPS) is 10.1. The maximum atomic E-state index is 9.44. The molecule has 0 aliphatic carbocycles. The average Bonchev–Trinajstić information content (AvgIpc) is 2.62. The van der Waals surface area contributed by atoms with Crippen molar-refractivity contribution < 1.29 is 26.8 Å². The summed E-state index contributed by atoms with van der Waals surface area (Å²) in [6.07, 6.45) is 11.1. The smallest absolute Gasteiger partial charge is 0.337 e. The number of hydrogen-bond donors (Lipinski definition) is 1. The van der Waals surface area contributed by atoms with Gasteiger partial charge < -0.3 is 22.0 Å². The molecule has 0 aromatic rings. The highest BCUT2D eigenvalue weighted by atomic mass is 35.5. The van der Waals surface area contributed by atoms with Gasteiger partial charge in [0.15, 0.2) is 0 Å². The number of halogens is 3. The van der Waals surface area contributed by atoms with Gasteiger partial charge in [-0.05, 0) is 25.7 Å². The number of aliphatic carboxylic acids is 1. The van der Waals surface area contributed by atoms with Crippen molar-refractivity contribution in [2.75, 3.05) is 26.2 Å². The maximum absolute atomic E-state index is 9.44. The fourth-order valence-electron chi connectivity index (χ4n) is 2.64. The van der Waals surface area contributed by atoms with Gasteiger partial charge in [-0.15, -0.1) is 13.2 Å². The SMILES string of the molecule is C=C.CCCC[N+](CCCC)(CCCC)CCCC.O=C(O)C(Cl)Cl.[Cl-]. The number of hydrogen-bond acceptors (Lipinski definition) is 1. The molecule has 0 aliphatic rings. The molecule has 0 radical (unpaired) electrons. The molecule has 0 aromatic carbocycles. The summed E-state index contributed by atoms with van der Waals surface area (Å²) in [5.41, 5.74) is 0.